The van der Waals surface area contributed by atoms with Gasteiger partial charge in [0.2, 0.25) is 5.95 Å². The van der Waals surface area contributed by atoms with Gasteiger partial charge in [0.1, 0.15) is 5.69 Å². The average Bonchev–Trinajstić information content (AvgIpc) is 2.81. The first-order chi connectivity index (χ1) is 16.5. The number of carbonyl (C=O) groups excluding carboxylic acids is 1. The average molecular weight is 462 g/mol. The molecule has 5 fully saturated rings. The third-order valence-corrected chi connectivity index (χ3v) is 8.63. The van der Waals surface area contributed by atoms with Gasteiger partial charge in [0, 0.05) is 44.5 Å². The fraction of sp³-hybridized carbons (Fsp3) is 0.593. The van der Waals surface area contributed by atoms with Crippen LogP contribution in [0.25, 0.3) is 0 Å². The lowest BCUT2D eigenvalue weighted by Crippen LogP contribution is -2.61. The lowest BCUT2D eigenvalue weighted by atomic mass is 9.52. The number of hydrogen-bond donors (Lipinski definition) is 2. The van der Waals surface area contributed by atoms with Crippen LogP contribution in [0.4, 0.5) is 5.95 Å². The summed E-state index contributed by atoms with van der Waals surface area (Å²) in [4.78, 5) is 27.1. The molecule has 1 amide bonds. The number of benzene rings is 1. The smallest absolute Gasteiger partial charge is 0.270 e. The van der Waals surface area contributed by atoms with Crippen molar-refractivity contribution in [2.75, 3.05) is 24.5 Å². The second-order valence-electron chi connectivity index (χ2n) is 11.2. The first kappa shape index (κ1) is 22.0. The molecule has 4 saturated carbocycles. The predicted octanol–water partition coefficient (Wildman–Crippen LogP) is 2.86. The fourth-order valence-corrected chi connectivity index (χ4v) is 7.37. The molecule has 2 heterocycles. The van der Waals surface area contributed by atoms with Crippen LogP contribution in [-0.4, -0.2) is 63.2 Å². The minimum atomic E-state index is -0.487. The summed E-state index contributed by atoms with van der Waals surface area (Å²) in [6.07, 6.45) is 6.56. The second-order valence-corrected chi connectivity index (χ2v) is 11.2. The van der Waals surface area contributed by atoms with E-state index in [2.05, 4.69) is 62.3 Å². The van der Waals surface area contributed by atoms with E-state index < -0.39 is 5.60 Å². The summed E-state index contributed by atoms with van der Waals surface area (Å²) in [7, 11) is 0. The minimum Gasteiger partial charge on any atom is -0.390 e. The summed E-state index contributed by atoms with van der Waals surface area (Å²) < 4.78 is 0. The molecule has 0 radical (unpaired) electrons. The highest BCUT2D eigenvalue weighted by atomic mass is 16.3. The van der Waals surface area contributed by atoms with Crippen LogP contribution in [0.15, 0.2) is 42.6 Å². The molecule has 180 valence electrons. The van der Waals surface area contributed by atoms with Crippen molar-refractivity contribution in [3.63, 3.8) is 0 Å². The molecule has 4 aliphatic carbocycles. The quantitative estimate of drug-likeness (QED) is 0.713. The molecule has 1 saturated heterocycles. The number of nitrogens with zero attached hydrogens (tertiary/aromatic N) is 4. The van der Waals surface area contributed by atoms with Crippen LogP contribution in [0.3, 0.4) is 0 Å². The Bertz CT molecular complexity index is 1030. The summed E-state index contributed by atoms with van der Waals surface area (Å²) >= 11 is 0. The number of rotatable bonds is 5. The lowest BCUT2D eigenvalue weighted by Gasteiger charge is -2.58. The van der Waals surface area contributed by atoms with Gasteiger partial charge in [0.25, 0.3) is 5.91 Å². The number of aromatic nitrogens is 2. The molecule has 2 aromatic rings. The number of aliphatic hydroxyl groups is 1. The van der Waals surface area contributed by atoms with E-state index in [0.29, 0.717) is 29.4 Å². The molecular formula is C27H35N5O2. The zero-order valence-corrected chi connectivity index (χ0v) is 19.9. The normalized spacial score (nSPS) is 34.9. The van der Waals surface area contributed by atoms with Crippen LogP contribution < -0.4 is 10.2 Å². The Morgan fingerprint density at radius 1 is 1.12 bits per heavy atom. The number of anilines is 1. The van der Waals surface area contributed by atoms with Crippen molar-refractivity contribution in [2.45, 2.75) is 63.3 Å². The number of carbonyl (C=O) groups is 1. The summed E-state index contributed by atoms with van der Waals surface area (Å²) in [5, 5.41) is 14.1. The highest BCUT2D eigenvalue weighted by Gasteiger charge is 2.55. The van der Waals surface area contributed by atoms with E-state index in [4.69, 9.17) is 0 Å². The topological polar surface area (TPSA) is 81.6 Å². The Labute approximate surface area is 201 Å². The number of amides is 1. The van der Waals surface area contributed by atoms with Crippen molar-refractivity contribution < 1.29 is 9.90 Å². The molecule has 4 bridgehead atoms. The van der Waals surface area contributed by atoms with Crippen LogP contribution in [-0.2, 0) is 6.54 Å². The van der Waals surface area contributed by atoms with E-state index >= 15 is 0 Å². The summed E-state index contributed by atoms with van der Waals surface area (Å²) in [5.41, 5.74) is 1.28. The molecular weight excluding hydrogens is 426 g/mol. The number of piperazine rings is 1. The third kappa shape index (κ3) is 4.20. The highest BCUT2D eigenvalue weighted by Crippen LogP contribution is 2.55. The Balaban J connectivity index is 1.10. The first-order valence-electron chi connectivity index (χ1n) is 12.8. The molecule has 2 N–H and O–H groups in total. The highest BCUT2D eigenvalue weighted by molar-refractivity contribution is 5.92. The molecule has 1 aliphatic heterocycles. The number of nitrogens with one attached hydrogen (secondary N) is 1. The molecule has 7 heteroatoms. The van der Waals surface area contributed by atoms with Crippen LogP contribution >= 0.6 is 0 Å². The zero-order valence-electron chi connectivity index (χ0n) is 19.9. The summed E-state index contributed by atoms with van der Waals surface area (Å²) in [6, 6.07) is 12.7. The van der Waals surface area contributed by atoms with Crippen LogP contribution in [0.1, 0.15) is 55.1 Å². The SMILES string of the molecule is C[C@@H]1CN(Cc2ccccc2)CCN1c1nccc(C(=O)N[C@H]2C3CC4CC2C[C@](O)(C4)C3)n1. The van der Waals surface area contributed by atoms with Crippen LogP contribution in [0, 0.1) is 17.8 Å². The van der Waals surface area contributed by atoms with Gasteiger partial charge in [-0.2, -0.15) is 0 Å². The van der Waals surface area contributed by atoms with Crippen molar-refractivity contribution in [3.05, 3.63) is 53.9 Å². The van der Waals surface area contributed by atoms with Gasteiger partial charge in [-0.25, -0.2) is 9.97 Å². The first-order valence-corrected chi connectivity index (χ1v) is 12.8. The molecule has 7 rings (SSSR count). The van der Waals surface area contributed by atoms with Crippen LogP contribution in [0.5, 0.6) is 0 Å². The van der Waals surface area contributed by atoms with Gasteiger partial charge in [-0.05, 0) is 68.4 Å². The summed E-state index contributed by atoms with van der Waals surface area (Å²) in [5.74, 6) is 1.93. The van der Waals surface area contributed by atoms with Crippen molar-refractivity contribution >= 4 is 11.9 Å². The van der Waals surface area contributed by atoms with Gasteiger partial charge in [0.15, 0.2) is 0 Å². The Morgan fingerprint density at radius 3 is 2.59 bits per heavy atom. The van der Waals surface area contributed by atoms with Gasteiger partial charge in [0.05, 0.1) is 5.60 Å². The Morgan fingerprint density at radius 2 is 1.88 bits per heavy atom. The fourth-order valence-electron chi connectivity index (χ4n) is 7.37. The van der Waals surface area contributed by atoms with Crippen LogP contribution in [0.2, 0.25) is 0 Å². The molecule has 1 aromatic carbocycles. The van der Waals surface area contributed by atoms with Gasteiger partial charge in [-0.1, -0.05) is 30.3 Å². The maximum atomic E-state index is 13.2. The molecule has 7 nitrogen and oxygen atoms in total. The maximum absolute atomic E-state index is 13.2. The molecule has 1 aromatic heterocycles. The second kappa shape index (κ2) is 8.61. The van der Waals surface area contributed by atoms with Gasteiger partial charge in [-0.3, -0.25) is 9.69 Å². The third-order valence-electron chi connectivity index (χ3n) is 8.63. The Hall–Kier alpha value is -2.51. The molecule has 5 aliphatic rings. The van der Waals surface area contributed by atoms with E-state index in [-0.39, 0.29) is 18.0 Å². The maximum Gasteiger partial charge on any atom is 0.270 e. The standard InChI is InChI=1S/C27H35N5O2/c1-18-16-31(17-19-5-3-2-4-6-19)9-10-32(18)26-28-8-7-23(29-26)25(33)30-24-21-11-20-12-22(24)15-27(34,13-20)14-21/h2-8,18,20-22,24,34H,9-17H2,1H3,(H,30,33)/t18-,20?,21?,22?,24-,27-/m1/s1. The van der Waals surface area contributed by atoms with Crippen molar-refractivity contribution in [1.82, 2.24) is 20.2 Å². The molecule has 34 heavy (non-hydrogen) atoms. The van der Waals surface area contributed by atoms with Crippen molar-refractivity contribution in [1.29, 1.82) is 0 Å². The Kier molecular flexibility index (Phi) is 5.57. The van der Waals surface area contributed by atoms with E-state index in [9.17, 15) is 9.90 Å². The molecule has 2 unspecified atom stereocenters. The molecule has 3 atom stereocenters. The van der Waals surface area contributed by atoms with Gasteiger partial charge < -0.3 is 15.3 Å². The monoisotopic (exact) mass is 461 g/mol. The van der Waals surface area contributed by atoms with Crippen molar-refractivity contribution in [2.24, 2.45) is 17.8 Å². The van der Waals surface area contributed by atoms with Gasteiger partial charge >= 0.3 is 0 Å². The van der Waals surface area contributed by atoms with Gasteiger partial charge in [-0.15, -0.1) is 0 Å². The summed E-state index contributed by atoms with van der Waals surface area (Å²) in [6.45, 7) is 5.86. The van der Waals surface area contributed by atoms with E-state index in [0.717, 1.165) is 58.3 Å². The minimum absolute atomic E-state index is 0.108. The number of hydrogen-bond acceptors (Lipinski definition) is 6. The van der Waals surface area contributed by atoms with E-state index in [1.807, 2.05) is 0 Å². The lowest BCUT2D eigenvalue weighted by molar-refractivity contribution is -0.136. The predicted molar refractivity (Wildman–Crippen MR) is 130 cm³/mol. The van der Waals surface area contributed by atoms with E-state index in [1.165, 1.54) is 5.56 Å². The largest absolute Gasteiger partial charge is 0.390 e. The molecule has 0 spiro atoms. The zero-order chi connectivity index (χ0) is 23.3. The van der Waals surface area contributed by atoms with E-state index in [1.54, 1.807) is 12.3 Å². The van der Waals surface area contributed by atoms with Crippen molar-refractivity contribution in [3.8, 4) is 0 Å².